The summed E-state index contributed by atoms with van der Waals surface area (Å²) in [5.41, 5.74) is 3.80. The molecule has 1 fully saturated rings. The van der Waals surface area contributed by atoms with Gasteiger partial charge in [0.15, 0.2) is 5.78 Å². The molecule has 0 spiro atoms. The van der Waals surface area contributed by atoms with Crippen LogP contribution < -0.4 is 0 Å². The molecule has 1 aliphatic heterocycles. The first kappa shape index (κ1) is 20.6. The monoisotopic (exact) mass is 400 g/mol. The van der Waals surface area contributed by atoms with E-state index in [2.05, 4.69) is 0 Å². The van der Waals surface area contributed by atoms with Gasteiger partial charge in [-0.1, -0.05) is 24.6 Å². The zero-order valence-corrected chi connectivity index (χ0v) is 17.4. The summed E-state index contributed by atoms with van der Waals surface area (Å²) in [6.07, 6.45) is -0.191. The summed E-state index contributed by atoms with van der Waals surface area (Å²) < 4.78 is 18.7. The highest BCUT2D eigenvalue weighted by Gasteiger charge is 2.41. The number of esters is 1. The van der Waals surface area contributed by atoms with Crippen molar-refractivity contribution >= 4 is 23.5 Å². The molecule has 1 aliphatic rings. The molecule has 1 heterocycles. The Labute approximate surface area is 169 Å². The van der Waals surface area contributed by atoms with E-state index >= 15 is 0 Å². The topological polar surface area (TPSA) is 43.4 Å². The van der Waals surface area contributed by atoms with E-state index in [-0.39, 0.29) is 23.9 Å². The van der Waals surface area contributed by atoms with Gasteiger partial charge in [0, 0.05) is 23.0 Å². The second-order valence-electron chi connectivity index (χ2n) is 7.63. The first-order valence-corrected chi connectivity index (χ1v) is 10.4. The maximum absolute atomic E-state index is 13.0. The zero-order valence-electron chi connectivity index (χ0n) is 16.6. The minimum atomic E-state index is -0.825. The summed E-state index contributed by atoms with van der Waals surface area (Å²) in [5, 5.41) is 0. The summed E-state index contributed by atoms with van der Waals surface area (Å²) in [6, 6.07) is 10.3. The number of Topliss-reactive ketones (excluding diaryl/α,β-unsaturated/α-hetero) is 1. The van der Waals surface area contributed by atoms with Gasteiger partial charge in [-0.2, -0.15) is 0 Å². The van der Waals surface area contributed by atoms with Crippen molar-refractivity contribution < 1.29 is 18.7 Å². The molecular weight excluding hydrogens is 375 g/mol. The van der Waals surface area contributed by atoms with E-state index in [1.165, 1.54) is 12.1 Å². The zero-order chi connectivity index (χ0) is 20.4. The summed E-state index contributed by atoms with van der Waals surface area (Å²) in [5.74, 6) is -0.913. The van der Waals surface area contributed by atoms with Crippen molar-refractivity contribution in [2.75, 3.05) is 5.75 Å². The van der Waals surface area contributed by atoms with E-state index in [0.29, 0.717) is 5.75 Å². The number of hydrogen-bond donors (Lipinski definition) is 0. The van der Waals surface area contributed by atoms with Gasteiger partial charge in [-0.25, -0.2) is 4.39 Å². The summed E-state index contributed by atoms with van der Waals surface area (Å²) in [4.78, 5) is 26.6. The van der Waals surface area contributed by atoms with Crippen LogP contribution in [-0.2, 0) is 14.3 Å². The van der Waals surface area contributed by atoms with Crippen LogP contribution in [0.4, 0.5) is 4.39 Å². The van der Waals surface area contributed by atoms with Crippen LogP contribution in [0, 0.1) is 32.5 Å². The molecule has 1 saturated heterocycles. The second-order valence-corrected chi connectivity index (χ2v) is 8.73. The molecule has 5 heteroatoms. The van der Waals surface area contributed by atoms with E-state index < -0.39 is 18.0 Å². The highest BCUT2D eigenvalue weighted by molar-refractivity contribution is 7.99. The number of ether oxygens (including phenoxy) is 1. The molecular formula is C23H25FO3S. The minimum Gasteiger partial charge on any atom is -0.461 e. The molecule has 2 aromatic rings. The molecule has 3 nitrogen and oxygen atoms in total. The predicted molar refractivity (Wildman–Crippen MR) is 109 cm³/mol. The molecule has 0 aromatic heterocycles. The van der Waals surface area contributed by atoms with Crippen molar-refractivity contribution in [3.8, 4) is 0 Å². The van der Waals surface area contributed by atoms with Gasteiger partial charge in [0.25, 0.3) is 0 Å². The number of ketones is 1. The maximum atomic E-state index is 13.0. The molecule has 3 unspecified atom stereocenters. The van der Waals surface area contributed by atoms with Gasteiger partial charge in [0.1, 0.15) is 17.8 Å². The Morgan fingerprint density at radius 1 is 1.11 bits per heavy atom. The molecule has 0 saturated carbocycles. The van der Waals surface area contributed by atoms with Crippen LogP contribution in [0.5, 0.6) is 0 Å². The highest BCUT2D eigenvalue weighted by Crippen LogP contribution is 2.34. The van der Waals surface area contributed by atoms with Crippen LogP contribution in [0.25, 0.3) is 0 Å². The number of carbonyl (C=O) groups is 2. The highest BCUT2D eigenvalue weighted by atomic mass is 32.2. The summed E-state index contributed by atoms with van der Waals surface area (Å²) >= 11 is 1.57. The molecule has 3 atom stereocenters. The number of thioether (sulfide) groups is 1. The predicted octanol–water partition coefficient (Wildman–Crippen LogP) is 5.15. The Morgan fingerprint density at radius 2 is 1.71 bits per heavy atom. The van der Waals surface area contributed by atoms with Crippen LogP contribution in [0.15, 0.2) is 41.3 Å². The molecule has 0 aliphatic carbocycles. The summed E-state index contributed by atoms with van der Waals surface area (Å²) in [7, 11) is 0. The SMILES string of the molecule is Cc1cc(C)c(C2C(=O)CC(C(C)CSc3ccc(F)cc3)OC2=O)c(C)c1. The van der Waals surface area contributed by atoms with Crippen molar-refractivity contribution in [3.63, 3.8) is 0 Å². The third-order valence-electron chi connectivity index (χ3n) is 5.22. The van der Waals surface area contributed by atoms with Crippen molar-refractivity contribution in [2.24, 2.45) is 5.92 Å². The lowest BCUT2D eigenvalue weighted by Gasteiger charge is -2.32. The number of aryl methyl sites for hydroxylation is 3. The van der Waals surface area contributed by atoms with Crippen LogP contribution in [0.2, 0.25) is 0 Å². The second kappa shape index (κ2) is 8.48. The average Bonchev–Trinajstić information content (AvgIpc) is 2.62. The minimum absolute atomic E-state index is 0.0177. The lowest BCUT2D eigenvalue weighted by Crippen LogP contribution is -2.41. The van der Waals surface area contributed by atoms with Crippen LogP contribution in [-0.4, -0.2) is 23.6 Å². The normalized spacial score (nSPS) is 20.8. The quantitative estimate of drug-likeness (QED) is 0.396. The summed E-state index contributed by atoms with van der Waals surface area (Å²) in [6.45, 7) is 7.85. The third kappa shape index (κ3) is 4.46. The third-order valence-corrected chi connectivity index (χ3v) is 6.51. The van der Waals surface area contributed by atoms with E-state index in [9.17, 15) is 14.0 Å². The van der Waals surface area contributed by atoms with Gasteiger partial charge < -0.3 is 4.74 Å². The van der Waals surface area contributed by atoms with Crippen LogP contribution >= 0.6 is 11.8 Å². The first-order chi connectivity index (χ1) is 13.3. The van der Waals surface area contributed by atoms with Gasteiger partial charge in [-0.05, 0) is 61.7 Å². The fourth-order valence-electron chi connectivity index (χ4n) is 3.82. The maximum Gasteiger partial charge on any atom is 0.321 e. The van der Waals surface area contributed by atoms with Crippen molar-refractivity contribution in [2.45, 2.75) is 51.0 Å². The van der Waals surface area contributed by atoms with E-state index in [4.69, 9.17) is 4.74 Å². The fraction of sp³-hybridized carbons (Fsp3) is 0.391. The first-order valence-electron chi connectivity index (χ1n) is 9.45. The lowest BCUT2D eigenvalue weighted by atomic mass is 9.82. The number of cyclic esters (lactones) is 1. The van der Waals surface area contributed by atoms with Gasteiger partial charge in [0.2, 0.25) is 0 Å². The number of halogens is 1. The number of benzene rings is 2. The molecule has 3 rings (SSSR count). The molecule has 0 N–H and O–H groups in total. The Hall–Kier alpha value is -2.14. The van der Waals surface area contributed by atoms with Crippen molar-refractivity contribution in [3.05, 3.63) is 64.5 Å². The molecule has 0 amide bonds. The Bertz CT molecular complexity index is 850. The molecule has 0 bridgehead atoms. The van der Waals surface area contributed by atoms with Gasteiger partial charge in [0.05, 0.1) is 0 Å². The fourth-order valence-corrected chi connectivity index (χ4v) is 4.81. The smallest absolute Gasteiger partial charge is 0.321 e. The number of hydrogen-bond acceptors (Lipinski definition) is 4. The van der Waals surface area contributed by atoms with Crippen LogP contribution in [0.1, 0.15) is 41.5 Å². The molecule has 0 radical (unpaired) electrons. The average molecular weight is 401 g/mol. The van der Waals surface area contributed by atoms with E-state index in [1.807, 2.05) is 39.8 Å². The van der Waals surface area contributed by atoms with Gasteiger partial charge in [-0.15, -0.1) is 11.8 Å². The Morgan fingerprint density at radius 3 is 2.29 bits per heavy atom. The van der Waals surface area contributed by atoms with E-state index in [1.54, 1.807) is 23.9 Å². The van der Waals surface area contributed by atoms with Crippen molar-refractivity contribution in [1.82, 2.24) is 0 Å². The Kier molecular flexibility index (Phi) is 6.23. The molecule has 148 valence electrons. The molecule has 2 aromatic carbocycles. The van der Waals surface area contributed by atoms with Crippen molar-refractivity contribution in [1.29, 1.82) is 0 Å². The number of rotatable bonds is 5. The number of carbonyl (C=O) groups excluding carboxylic acids is 2. The largest absolute Gasteiger partial charge is 0.461 e. The Balaban J connectivity index is 1.68. The van der Waals surface area contributed by atoms with Gasteiger partial charge >= 0.3 is 5.97 Å². The van der Waals surface area contributed by atoms with Crippen LogP contribution in [0.3, 0.4) is 0 Å². The standard InChI is InChI=1S/C23H25FO3S/c1-13-9-14(2)21(15(3)10-13)22-19(25)11-20(27-23(22)26)16(4)12-28-18-7-5-17(24)6-8-18/h5-10,16,20,22H,11-12H2,1-4H3. The van der Waals surface area contributed by atoms with E-state index in [0.717, 1.165) is 27.1 Å². The van der Waals surface area contributed by atoms with Gasteiger partial charge in [-0.3, -0.25) is 9.59 Å². The lowest BCUT2D eigenvalue weighted by molar-refractivity contribution is -0.162. The molecule has 28 heavy (non-hydrogen) atoms.